The number of phenolic OH excluding ortho intramolecular Hbond substituents is 1. The first kappa shape index (κ1) is 16.2. The summed E-state index contributed by atoms with van der Waals surface area (Å²) in [4.78, 5) is 23.0. The molecule has 0 bridgehead atoms. The highest BCUT2D eigenvalue weighted by molar-refractivity contribution is 5.79. The van der Waals surface area contributed by atoms with E-state index < -0.39 is 0 Å². The summed E-state index contributed by atoms with van der Waals surface area (Å²) in [5.74, 6) is 0.988. The van der Waals surface area contributed by atoms with E-state index >= 15 is 0 Å². The van der Waals surface area contributed by atoms with E-state index in [1.54, 1.807) is 30.6 Å². The van der Waals surface area contributed by atoms with Crippen molar-refractivity contribution in [1.82, 2.24) is 15.3 Å². The lowest BCUT2D eigenvalue weighted by molar-refractivity contribution is -0.125. The highest BCUT2D eigenvalue weighted by Crippen LogP contribution is 2.20. The van der Waals surface area contributed by atoms with E-state index in [2.05, 4.69) is 20.2 Å². The minimum atomic E-state index is -0.0354. The summed E-state index contributed by atoms with van der Waals surface area (Å²) in [6, 6.07) is 8.91. The second-order valence-corrected chi connectivity index (χ2v) is 6.04. The zero-order valence-corrected chi connectivity index (χ0v) is 13.6. The standard InChI is InChI=1S/C18H22N4O2/c23-16-6-1-4-14(12-16)7-10-19-17(24)15-5-2-11-22(13-15)18-20-8-3-9-21-18/h1,3-4,6,8-9,12,15,23H,2,5,7,10-11,13H2,(H,19,24). The number of rotatable bonds is 5. The van der Waals surface area contributed by atoms with Gasteiger partial charge in [-0.1, -0.05) is 12.1 Å². The lowest BCUT2D eigenvalue weighted by Crippen LogP contribution is -2.44. The van der Waals surface area contributed by atoms with Crippen molar-refractivity contribution in [2.75, 3.05) is 24.5 Å². The molecule has 2 N–H and O–H groups in total. The molecule has 1 aliphatic rings. The molecule has 1 aromatic carbocycles. The van der Waals surface area contributed by atoms with Gasteiger partial charge in [0, 0.05) is 32.0 Å². The lowest BCUT2D eigenvalue weighted by atomic mass is 9.97. The summed E-state index contributed by atoms with van der Waals surface area (Å²) in [6.07, 6.45) is 6.01. The molecule has 2 aromatic rings. The quantitative estimate of drug-likeness (QED) is 0.875. The first-order valence-corrected chi connectivity index (χ1v) is 8.30. The van der Waals surface area contributed by atoms with Crippen LogP contribution in [0.15, 0.2) is 42.7 Å². The largest absolute Gasteiger partial charge is 0.508 e. The van der Waals surface area contributed by atoms with Crippen molar-refractivity contribution in [3.63, 3.8) is 0 Å². The smallest absolute Gasteiger partial charge is 0.225 e. The average Bonchev–Trinajstić information content (AvgIpc) is 2.62. The third kappa shape index (κ3) is 4.22. The SMILES string of the molecule is O=C(NCCc1cccc(O)c1)C1CCCN(c2ncccn2)C1. The molecule has 24 heavy (non-hydrogen) atoms. The maximum atomic E-state index is 12.4. The molecule has 1 fully saturated rings. The Balaban J connectivity index is 1.49. The number of piperidine rings is 1. The Morgan fingerprint density at radius 2 is 2.12 bits per heavy atom. The molecule has 1 saturated heterocycles. The predicted octanol–water partition coefficient (Wildman–Crippen LogP) is 1.76. The Kier molecular flexibility index (Phi) is 5.25. The van der Waals surface area contributed by atoms with Crippen LogP contribution in [-0.4, -0.2) is 40.6 Å². The fraction of sp³-hybridized carbons (Fsp3) is 0.389. The first-order valence-electron chi connectivity index (χ1n) is 8.30. The third-order valence-electron chi connectivity index (χ3n) is 4.25. The predicted molar refractivity (Wildman–Crippen MR) is 91.8 cm³/mol. The number of hydrogen-bond donors (Lipinski definition) is 2. The van der Waals surface area contributed by atoms with Crippen LogP contribution in [0.1, 0.15) is 18.4 Å². The topological polar surface area (TPSA) is 78.4 Å². The van der Waals surface area contributed by atoms with Crippen LogP contribution in [0.4, 0.5) is 5.95 Å². The van der Waals surface area contributed by atoms with Gasteiger partial charge in [0.05, 0.1) is 5.92 Å². The number of amides is 1. The van der Waals surface area contributed by atoms with Crippen LogP contribution in [0.5, 0.6) is 5.75 Å². The number of aromatic nitrogens is 2. The van der Waals surface area contributed by atoms with E-state index in [9.17, 15) is 9.90 Å². The van der Waals surface area contributed by atoms with Crippen LogP contribution in [0.25, 0.3) is 0 Å². The lowest BCUT2D eigenvalue weighted by Gasteiger charge is -2.31. The van der Waals surface area contributed by atoms with E-state index in [1.807, 2.05) is 12.1 Å². The number of phenols is 1. The summed E-state index contributed by atoms with van der Waals surface area (Å²) in [7, 11) is 0. The second kappa shape index (κ2) is 7.77. The Labute approximate surface area is 141 Å². The molecule has 6 heteroatoms. The minimum Gasteiger partial charge on any atom is -0.508 e. The van der Waals surface area contributed by atoms with Crippen LogP contribution in [0, 0.1) is 5.92 Å². The second-order valence-electron chi connectivity index (χ2n) is 6.04. The minimum absolute atomic E-state index is 0.0354. The first-order chi connectivity index (χ1) is 11.7. The molecular weight excluding hydrogens is 304 g/mol. The van der Waals surface area contributed by atoms with Crippen molar-refractivity contribution in [2.45, 2.75) is 19.3 Å². The van der Waals surface area contributed by atoms with Gasteiger partial charge >= 0.3 is 0 Å². The number of anilines is 1. The van der Waals surface area contributed by atoms with Gasteiger partial charge in [-0.2, -0.15) is 0 Å². The van der Waals surface area contributed by atoms with Gasteiger partial charge < -0.3 is 15.3 Å². The van der Waals surface area contributed by atoms with E-state index in [0.717, 1.165) is 24.9 Å². The average molecular weight is 326 g/mol. The van der Waals surface area contributed by atoms with Crippen molar-refractivity contribution in [3.05, 3.63) is 48.3 Å². The van der Waals surface area contributed by atoms with Crippen molar-refractivity contribution >= 4 is 11.9 Å². The molecule has 1 aromatic heterocycles. The summed E-state index contributed by atoms with van der Waals surface area (Å²) in [5.41, 5.74) is 1.01. The summed E-state index contributed by atoms with van der Waals surface area (Å²) in [5, 5.41) is 12.5. The molecule has 0 spiro atoms. The molecule has 0 radical (unpaired) electrons. The molecule has 1 amide bonds. The van der Waals surface area contributed by atoms with Gasteiger partial charge in [-0.05, 0) is 43.0 Å². The summed E-state index contributed by atoms with van der Waals surface area (Å²) in [6.45, 7) is 2.11. The number of nitrogens with zero attached hydrogens (tertiary/aromatic N) is 3. The van der Waals surface area contributed by atoms with Crippen LogP contribution in [0.3, 0.4) is 0 Å². The van der Waals surface area contributed by atoms with E-state index in [1.165, 1.54) is 0 Å². The van der Waals surface area contributed by atoms with Crippen molar-refractivity contribution < 1.29 is 9.90 Å². The zero-order chi connectivity index (χ0) is 16.8. The normalized spacial score (nSPS) is 17.5. The van der Waals surface area contributed by atoms with Gasteiger partial charge in [0.2, 0.25) is 11.9 Å². The van der Waals surface area contributed by atoms with Gasteiger partial charge in [-0.15, -0.1) is 0 Å². The Bertz CT molecular complexity index is 678. The molecule has 1 aliphatic heterocycles. The van der Waals surface area contributed by atoms with E-state index in [-0.39, 0.29) is 17.6 Å². The number of carbonyl (C=O) groups is 1. The Hall–Kier alpha value is -2.63. The van der Waals surface area contributed by atoms with Crippen molar-refractivity contribution in [1.29, 1.82) is 0 Å². The fourth-order valence-corrected chi connectivity index (χ4v) is 3.01. The fourth-order valence-electron chi connectivity index (χ4n) is 3.01. The maximum Gasteiger partial charge on any atom is 0.225 e. The number of nitrogens with one attached hydrogen (secondary N) is 1. The molecule has 1 unspecified atom stereocenters. The number of carbonyl (C=O) groups excluding carboxylic acids is 1. The Morgan fingerprint density at radius 1 is 1.29 bits per heavy atom. The zero-order valence-electron chi connectivity index (χ0n) is 13.6. The van der Waals surface area contributed by atoms with Crippen LogP contribution in [0.2, 0.25) is 0 Å². The monoisotopic (exact) mass is 326 g/mol. The number of hydrogen-bond acceptors (Lipinski definition) is 5. The van der Waals surface area contributed by atoms with Gasteiger partial charge in [0.15, 0.2) is 0 Å². The number of aromatic hydroxyl groups is 1. The van der Waals surface area contributed by atoms with Crippen LogP contribution in [-0.2, 0) is 11.2 Å². The molecule has 0 aliphatic carbocycles. The summed E-state index contributed by atoms with van der Waals surface area (Å²) >= 11 is 0. The highest BCUT2D eigenvalue weighted by Gasteiger charge is 2.26. The van der Waals surface area contributed by atoms with Crippen molar-refractivity contribution in [3.8, 4) is 5.75 Å². The van der Waals surface area contributed by atoms with E-state index in [4.69, 9.17) is 0 Å². The molecule has 3 rings (SSSR count). The van der Waals surface area contributed by atoms with Gasteiger partial charge in [-0.3, -0.25) is 4.79 Å². The molecular formula is C18H22N4O2. The van der Waals surface area contributed by atoms with Crippen LogP contribution < -0.4 is 10.2 Å². The van der Waals surface area contributed by atoms with Crippen molar-refractivity contribution in [2.24, 2.45) is 5.92 Å². The molecule has 126 valence electrons. The highest BCUT2D eigenvalue weighted by atomic mass is 16.3. The van der Waals surface area contributed by atoms with Gasteiger partial charge in [-0.25, -0.2) is 9.97 Å². The third-order valence-corrected chi connectivity index (χ3v) is 4.25. The molecule has 2 heterocycles. The number of benzene rings is 1. The van der Waals surface area contributed by atoms with Gasteiger partial charge in [0.1, 0.15) is 5.75 Å². The Morgan fingerprint density at radius 3 is 2.92 bits per heavy atom. The molecule has 6 nitrogen and oxygen atoms in total. The summed E-state index contributed by atoms with van der Waals surface area (Å²) < 4.78 is 0. The molecule has 0 saturated carbocycles. The van der Waals surface area contributed by atoms with Gasteiger partial charge in [0.25, 0.3) is 0 Å². The maximum absolute atomic E-state index is 12.4. The van der Waals surface area contributed by atoms with Crippen LogP contribution >= 0.6 is 0 Å². The van der Waals surface area contributed by atoms with E-state index in [0.29, 0.717) is 25.5 Å². The molecule has 1 atom stereocenters.